The Morgan fingerprint density at radius 1 is 0.277 bits per heavy atom. The first-order chi connectivity index (χ1) is 55.1. The third kappa shape index (κ3) is 9.33. The summed E-state index contributed by atoms with van der Waals surface area (Å²) in [6, 6.07) is 123. The summed E-state index contributed by atoms with van der Waals surface area (Å²) in [5, 5.41) is 10.8. The van der Waals surface area contributed by atoms with Crippen molar-refractivity contribution in [3.05, 3.63) is 379 Å². The van der Waals surface area contributed by atoms with Crippen LogP contribution in [-0.4, -0.2) is 15.0 Å². The molecule has 4 heterocycles. The fraction of sp³-hybridized carbons (Fsp3) is 0.0481. The number of nitrogens with one attached hydrogen (secondary N) is 1. The third-order valence-electron chi connectivity index (χ3n) is 24.3. The molecule has 24 rings (SSSR count). The van der Waals surface area contributed by atoms with Gasteiger partial charge in [-0.2, -0.15) is 0 Å². The molecular weight excluding hydrogens is 1370 g/mol. The van der Waals surface area contributed by atoms with Gasteiger partial charge in [0.25, 0.3) is 0 Å². The molecule has 0 fully saturated rings. The maximum Gasteiger partial charge on any atom is 0.227 e. The monoisotopic (exact) mass is 1430 g/mol. The van der Waals surface area contributed by atoms with Crippen molar-refractivity contribution in [3.63, 3.8) is 0 Å². The Hall–Kier alpha value is -14.5. The van der Waals surface area contributed by atoms with Crippen molar-refractivity contribution in [3.8, 4) is 129 Å². The van der Waals surface area contributed by atoms with Gasteiger partial charge in [-0.05, 0) is 282 Å². The van der Waals surface area contributed by atoms with E-state index in [-0.39, 0.29) is 5.41 Å². The molecule has 2 atom stereocenters. The van der Waals surface area contributed by atoms with Crippen LogP contribution in [0.3, 0.4) is 0 Å². The summed E-state index contributed by atoms with van der Waals surface area (Å²) in [4.78, 5) is 15.4. The van der Waals surface area contributed by atoms with E-state index in [0.717, 1.165) is 133 Å². The van der Waals surface area contributed by atoms with Crippen LogP contribution < -0.4 is 10.1 Å². The normalized spacial score (nSPS) is 15.2. The second kappa shape index (κ2) is 23.5. The zero-order chi connectivity index (χ0) is 73.7. The number of anilines is 1. The first kappa shape index (κ1) is 62.6. The van der Waals surface area contributed by atoms with Gasteiger partial charge in [0.2, 0.25) is 17.7 Å². The van der Waals surface area contributed by atoms with Crippen molar-refractivity contribution in [1.82, 2.24) is 15.0 Å². The average Bonchev–Trinajstić information content (AvgIpc) is 1.51. The summed E-state index contributed by atoms with van der Waals surface area (Å²) in [7, 11) is 0. The van der Waals surface area contributed by atoms with E-state index >= 15 is 0 Å². The summed E-state index contributed by atoms with van der Waals surface area (Å²) >= 11 is 0. The van der Waals surface area contributed by atoms with Gasteiger partial charge >= 0.3 is 0 Å². The van der Waals surface area contributed by atoms with Gasteiger partial charge in [-0.3, -0.25) is 0 Å². The molecule has 3 aliphatic carbocycles. The zero-order valence-electron chi connectivity index (χ0n) is 60.9. The number of hydrogen-bond donors (Lipinski definition) is 1. The van der Waals surface area contributed by atoms with E-state index < -0.39 is 11.6 Å². The standard InChI is InChI=1S/C104H64N4O4/c1-103(2)88-56-61(37-41-80(88)81-42-35-59-19-3-8-24-76(59)98(81)103)66-45-64-20-4-6-22-74(64)82(54-66)69-49-72(101-107-92-31-15-18-34-96(92)111-101)52-73(50-69)102-108-93-58-63(39-44-97(93)112-102)60-38-43-87-84(53-60)78-26-10-12-28-86(78)104(87)85-27-11-9-25-77(85)79-40-36-62(57-89(79)104)67-46-65-21-5-7-23-75(65)83(55-67)68-47-70(99-105-90-29-13-16-32-94(90)109-99)51-71(48-68)100-106-91-30-14-17-33-95(91)110-100/h3-58,101,107H,1-2H3. The van der Waals surface area contributed by atoms with Gasteiger partial charge in [0.05, 0.1) is 11.1 Å². The molecule has 2 unspecified atom stereocenters. The zero-order valence-corrected chi connectivity index (χ0v) is 60.9. The van der Waals surface area contributed by atoms with Gasteiger partial charge < -0.3 is 23.3 Å². The third-order valence-corrected chi connectivity index (χ3v) is 24.3. The average molecular weight is 1430 g/mol. The first-order valence-electron chi connectivity index (χ1n) is 38.3. The highest BCUT2D eigenvalue weighted by Gasteiger charge is 2.52. The molecule has 0 saturated heterocycles. The van der Waals surface area contributed by atoms with Crippen molar-refractivity contribution in [2.24, 2.45) is 0 Å². The Morgan fingerprint density at radius 2 is 0.723 bits per heavy atom. The van der Waals surface area contributed by atoms with E-state index in [1.165, 1.54) is 83.1 Å². The van der Waals surface area contributed by atoms with Crippen LogP contribution in [-0.2, 0) is 10.8 Å². The number of hydrogen-bond acceptors (Lipinski definition) is 8. The fourth-order valence-corrected chi connectivity index (χ4v) is 19.2. The lowest BCUT2D eigenvalue weighted by molar-refractivity contribution is 0.260. The largest absolute Gasteiger partial charge is 0.464 e. The maximum absolute atomic E-state index is 6.93. The lowest BCUT2D eigenvalue weighted by Gasteiger charge is -2.31. The van der Waals surface area contributed by atoms with E-state index in [1.807, 2.05) is 66.7 Å². The molecule has 20 aromatic rings. The Bertz CT molecular complexity index is 7290. The summed E-state index contributed by atoms with van der Waals surface area (Å²) in [5.74, 6) is 2.39. The number of aromatic nitrogens is 3. The molecule has 4 aliphatic rings. The first-order valence-corrected chi connectivity index (χ1v) is 38.3. The highest BCUT2D eigenvalue weighted by Crippen LogP contribution is 2.64. The van der Waals surface area contributed by atoms with Gasteiger partial charge in [-0.15, -0.1) is 0 Å². The van der Waals surface area contributed by atoms with Crippen molar-refractivity contribution < 1.29 is 18.0 Å². The summed E-state index contributed by atoms with van der Waals surface area (Å²) in [5.41, 5.74) is 34.2. The van der Waals surface area contributed by atoms with Crippen LogP contribution in [0.5, 0.6) is 5.75 Å². The predicted molar refractivity (Wildman–Crippen MR) is 452 cm³/mol. The lowest BCUT2D eigenvalue weighted by Crippen LogP contribution is -2.25. The van der Waals surface area contributed by atoms with E-state index in [4.69, 9.17) is 32.9 Å². The van der Waals surface area contributed by atoms with Gasteiger partial charge in [0.1, 0.15) is 22.3 Å². The quantitative estimate of drug-likeness (QED) is 0.153. The van der Waals surface area contributed by atoms with Crippen LogP contribution in [0.1, 0.15) is 59.0 Å². The molecule has 112 heavy (non-hydrogen) atoms. The molecule has 8 nitrogen and oxygen atoms in total. The summed E-state index contributed by atoms with van der Waals surface area (Å²) in [6.45, 7) is 4.76. The molecule has 0 radical (unpaired) electrons. The topological polar surface area (TPSA) is 99.4 Å². The van der Waals surface area contributed by atoms with Crippen molar-refractivity contribution in [1.29, 1.82) is 0 Å². The van der Waals surface area contributed by atoms with Crippen LogP contribution in [0, 0.1) is 0 Å². The molecule has 1 spiro atoms. The van der Waals surface area contributed by atoms with Crippen LogP contribution >= 0.6 is 0 Å². The SMILES string of the molecule is CC1(C)c2cc(-c3cc(-c4cc(-c5nc6cc(-c7ccc8c(c7)-c7ccccc7C87c8ccccc8-c8ccc(-c9cc(-c%10cc(-c%11nc%12ccccc%12o%11)cc(-c%11nc%12ccccc%12o%11)c%10)c%10ccccc%10c9)cc87)ccc6o5)cc(C5Nc6ccccc6O5)c4)c4ccccc4c3)ccc2-c2ccc3ccccc3c21. The number of para-hydroxylation sites is 6. The fourth-order valence-electron chi connectivity index (χ4n) is 19.2. The van der Waals surface area contributed by atoms with Crippen molar-refractivity contribution in [2.45, 2.75) is 30.9 Å². The van der Waals surface area contributed by atoms with E-state index in [9.17, 15) is 0 Å². The molecule has 1 aliphatic heterocycles. The number of ether oxygens (including phenoxy) is 1. The number of oxazole rings is 3. The van der Waals surface area contributed by atoms with Gasteiger partial charge in [0, 0.05) is 27.7 Å². The molecule has 3 aromatic heterocycles. The maximum atomic E-state index is 6.93. The molecule has 0 amide bonds. The van der Waals surface area contributed by atoms with Crippen LogP contribution in [0.25, 0.3) is 189 Å². The van der Waals surface area contributed by atoms with Crippen LogP contribution in [0.4, 0.5) is 5.69 Å². The number of benzene rings is 17. The molecule has 17 aromatic carbocycles. The Morgan fingerprint density at radius 3 is 1.38 bits per heavy atom. The molecule has 0 saturated carbocycles. The molecule has 524 valence electrons. The summed E-state index contributed by atoms with van der Waals surface area (Å²) < 4.78 is 26.7. The van der Waals surface area contributed by atoms with Crippen LogP contribution in [0.2, 0.25) is 0 Å². The number of fused-ring (bicyclic) bond motifs is 21. The van der Waals surface area contributed by atoms with Gasteiger partial charge in [-0.25, -0.2) is 15.0 Å². The highest BCUT2D eigenvalue weighted by molar-refractivity contribution is 6.05. The molecule has 8 heteroatoms. The Kier molecular flexibility index (Phi) is 13.1. The molecule has 0 bridgehead atoms. The number of nitrogens with zero attached hydrogens (tertiary/aromatic N) is 3. The minimum atomic E-state index is -0.621. The lowest BCUT2D eigenvalue weighted by atomic mass is 9.70. The Labute approximate surface area is 644 Å². The second-order valence-corrected chi connectivity index (χ2v) is 30.9. The van der Waals surface area contributed by atoms with Crippen molar-refractivity contribution in [2.75, 3.05) is 5.32 Å². The van der Waals surface area contributed by atoms with Crippen LogP contribution in [0.15, 0.2) is 353 Å². The molecular formula is C104H64N4O4. The predicted octanol–water partition coefficient (Wildman–Crippen LogP) is 27.1. The van der Waals surface area contributed by atoms with E-state index in [1.54, 1.807) is 0 Å². The van der Waals surface area contributed by atoms with Crippen molar-refractivity contribution >= 4 is 71.3 Å². The van der Waals surface area contributed by atoms with Gasteiger partial charge in [-0.1, -0.05) is 226 Å². The Balaban J connectivity index is 0.610. The van der Waals surface area contributed by atoms with E-state index in [0.29, 0.717) is 23.3 Å². The number of rotatable bonds is 9. The smallest absolute Gasteiger partial charge is 0.227 e. The minimum Gasteiger partial charge on any atom is -0.464 e. The van der Waals surface area contributed by atoms with Gasteiger partial charge in [0.15, 0.2) is 23.0 Å². The van der Waals surface area contributed by atoms with E-state index in [2.05, 4.69) is 292 Å². The summed E-state index contributed by atoms with van der Waals surface area (Å²) in [6.07, 6.45) is -0.458. The highest BCUT2D eigenvalue weighted by atomic mass is 16.5. The second-order valence-electron chi connectivity index (χ2n) is 30.9. The minimum absolute atomic E-state index is 0.206. The molecule has 1 N–H and O–H groups in total.